The second kappa shape index (κ2) is 34.8. The number of hydrogen-bond acceptors (Lipinski definition) is 4. The maximum absolute atomic E-state index is 11.6. The first-order valence-electron chi connectivity index (χ1n) is 40.8. The quantitative estimate of drug-likeness (QED) is 0.0741. The van der Waals surface area contributed by atoms with Gasteiger partial charge in [0.1, 0.15) is 0 Å². The molecule has 0 saturated heterocycles. The Hall–Kier alpha value is -12.3. The lowest BCUT2D eigenvalue weighted by Gasteiger charge is -2.33. The Labute approximate surface area is 668 Å². The van der Waals surface area contributed by atoms with Crippen LogP contribution < -0.4 is 0 Å². The summed E-state index contributed by atoms with van der Waals surface area (Å²) in [5.41, 5.74) is 24.3. The molecule has 0 radical (unpaired) electrons. The van der Waals surface area contributed by atoms with Gasteiger partial charge in [-0.25, -0.2) is 19.2 Å². The molecule has 18 rings (SSSR count). The van der Waals surface area contributed by atoms with Crippen LogP contribution in [0.5, 0.6) is 0 Å². The van der Waals surface area contributed by atoms with E-state index in [1.807, 2.05) is 97.1 Å². The molecule has 0 aliphatic heterocycles. The summed E-state index contributed by atoms with van der Waals surface area (Å²) in [6.07, 6.45) is 20.3. The monoisotopic (exact) mass is 1510 g/mol. The molecule has 2 atom stereocenters. The zero-order chi connectivity index (χ0) is 78.9. The average molecular weight is 1510 g/mol. The van der Waals surface area contributed by atoms with Crippen LogP contribution in [0, 0.1) is 23.7 Å². The summed E-state index contributed by atoms with van der Waals surface area (Å²) in [5, 5.41) is 40.2. The summed E-state index contributed by atoms with van der Waals surface area (Å²) in [7, 11) is 0. The van der Waals surface area contributed by atoms with Crippen molar-refractivity contribution in [3.8, 4) is 67.8 Å². The predicted octanol–water partition coefficient (Wildman–Crippen LogP) is 25.3. The number of carboxylic acid groups (broad SMARTS) is 4. The van der Waals surface area contributed by atoms with E-state index in [0.29, 0.717) is 40.4 Å². The first kappa shape index (κ1) is 77.1. The maximum atomic E-state index is 11.6. The Balaban J connectivity index is 0.000000120. The van der Waals surface area contributed by atoms with Gasteiger partial charge in [-0.3, -0.25) is 0 Å². The fourth-order valence-electron chi connectivity index (χ4n) is 18.2. The Kier molecular flexibility index (Phi) is 23.5. The number of carbonyl (C=O) groups is 4. The van der Waals surface area contributed by atoms with Gasteiger partial charge < -0.3 is 38.7 Å². The van der Waals surface area contributed by atoms with Crippen LogP contribution in [0.25, 0.3) is 89.6 Å². The van der Waals surface area contributed by atoms with Crippen molar-refractivity contribution in [2.45, 2.75) is 142 Å². The lowest BCUT2D eigenvalue weighted by atomic mass is 9.73. The molecule has 4 aromatic heterocycles. The van der Waals surface area contributed by atoms with Gasteiger partial charge >= 0.3 is 23.9 Å². The molecule has 114 heavy (non-hydrogen) atoms. The minimum absolute atomic E-state index is 0.284. The van der Waals surface area contributed by atoms with Crippen molar-refractivity contribution in [3.63, 3.8) is 0 Å². The molecule has 2 fully saturated rings. The van der Waals surface area contributed by atoms with Crippen LogP contribution >= 0.6 is 0 Å². The molecular formula is C102H100N4O8. The fourth-order valence-corrected chi connectivity index (χ4v) is 18.2. The van der Waals surface area contributed by atoms with E-state index in [1.165, 1.54) is 127 Å². The van der Waals surface area contributed by atoms with Crippen molar-refractivity contribution in [1.82, 2.24) is 18.3 Å². The summed E-state index contributed by atoms with van der Waals surface area (Å²) in [5.74, 6) is 0.573. The molecule has 4 aliphatic rings. The number of aromatic nitrogens is 4. The summed E-state index contributed by atoms with van der Waals surface area (Å²) in [6.45, 7) is 8.99. The summed E-state index contributed by atoms with van der Waals surface area (Å²) < 4.78 is 8.91. The first-order valence-corrected chi connectivity index (χ1v) is 40.8. The van der Waals surface area contributed by atoms with E-state index in [0.717, 1.165) is 110 Å². The predicted molar refractivity (Wildman–Crippen MR) is 460 cm³/mol. The topological polar surface area (TPSA) is 169 Å². The van der Waals surface area contributed by atoms with Gasteiger partial charge in [0.2, 0.25) is 0 Å². The molecule has 4 aliphatic carbocycles. The third-order valence-corrected chi connectivity index (χ3v) is 24.2. The third-order valence-electron chi connectivity index (χ3n) is 24.2. The van der Waals surface area contributed by atoms with Crippen LogP contribution in [0.4, 0.5) is 0 Å². The van der Waals surface area contributed by atoms with E-state index in [1.54, 1.807) is 48.5 Å². The van der Waals surface area contributed by atoms with Crippen molar-refractivity contribution in [3.05, 3.63) is 335 Å². The highest BCUT2D eigenvalue weighted by molar-refractivity contribution is 5.94. The SMILES string of the molecule is CC(C)C1CCc2c(cc(-c3ccccc3)n2-c2cccc(C(=O)O)c2)C1.CC(C)c1ccc2c(c1)cc(-c1ccccc1)n2-c1cccc(C(=O)O)c1.O=C(O)c1cccc(-n2c(-c3ccccc3)cc3c2CCC(C2CCCCC2)C3)c1.O=C(O)c1cccc(-n2c(-c3ccccc3)cc3cc(C4CCCCC4)ccc32)c1. The lowest BCUT2D eigenvalue weighted by Crippen LogP contribution is -2.24. The molecule has 10 aromatic carbocycles. The lowest BCUT2D eigenvalue weighted by molar-refractivity contribution is 0.0686. The normalized spacial score (nSPS) is 15.5. The van der Waals surface area contributed by atoms with Gasteiger partial charge in [0.25, 0.3) is 0 Å². The molecule has 12 heteroatoms. The standard InChI is InChI=1S/C27H29NO2.C27H25NO2.C24H25NO2.C24H21NO2/c2*29-27(30)22-12-7-13-24(17-22)28-25-15-14-21(19-8-3-1-4-9-19)16-23(25)18-26(28)20-10-5-2-6-11-20;2*1-16(2)18-11-12-22-20(13-18)15-23(17-7-4-3-5-8-17)25(22)21-10-6-9-19(14-21)24(26)27/h2,5-7,10-13,17-19,21H,1,3-4,8-9,14-16H2,(H,29,30);2,5-7,10-19H,1,3-4,8-9H2,(H,29,30);3-10,14-16,18H,11-13H2,1-2H3,(H,26,27);3-16H,1-2H3,(H,26,27). The molecule has 576 valence electrons. The number of benzene rings is 10. The third kappa shape index (κ3) is 16.9. The molecule has 0 amide bonds. The highest BCUT2D eigenvalue weighted by Crippen LogP contribution is 2.44. The van der Waals surface area contributed by atoms with E-state index in [-0.39, 0.29) is 5.56 Å². The molecule has 0 bridgehead atoms. The second-order valence-electron chi connectivity index (χ2n) is 32.1. The van der Waals surface area contributed by atoms with E-state index in [4.69, 9.17) is 0 Å². The molecular weight excluding hydrogens is 1410 g/mol. The summed E-state index contributed by atoms with van der Waals surface area (Å²) in [4.78, 5) is 46.1. The van der Waals surface area contributed by atoms with E-state index < -0.39 is 23.9 Å². The number of nitrogens with zero attached hydrogens (tertiary/aromatic N) is 4. The largest absolute Gasteiger partial charge is 0.478 e. The molecule has 14 aromatic rings. The van der Waals surface area contributed by atoms with Gasteiger partial charge in [-0.15, -0.1) is 0 Å². The van der Waals surface area contributed by atoms with Crippen LogP contribution in [-0.4, -0.2) is 62.6 Å². The van der Waals surface area contributed by atoms with Crippen LogP contribution in [0.1, 0.15) is 192 Å². The maximum Gasteiger partial charge on any atom is 0.335 e. The Morgan fingerprint density at radius 3 is 1.10 bits per heavy atom. The zero-order valence-corrected chi connectivity index (χ0v) is 65.5. The molecule has 2 saturated carbocycles. The van der Waals surface area contributed by atoms with Crippen molar-refractivity contribution < 1.29 is 39.6 Å². The van der Waals surface area contributed by atoms with Gasteiger partial charge in [0.05, 0.1) is 56.1 Å². The summed E-state index contributed by atoms with van der Waals surface area (Å²) in [6, 6.07) is 92.7. The average Bonchev–Trinajstić information content (AvgIpc) is 1.63. The minimum Gasteiger partial charge on any atom is -0.478 e. The van der Waals surface area contributed by atoms with Gasteiger partial charge in [-0.05, 0) is 253 Å². The van der Waals surface area contributed by atoms with Crippen LogP contribution in [0.2, 0.25) is 0 Å². The second-order valence-corrected chi connectivity index (χ2v) is 32.1. The van der Waals surface area contributed by atoms with E-state index in [9.17, 15) is 39.6 Å². The van der Waals surface area contributed by atoms with Crippen molar-refractivity contribution >= 4 is 45.7 Å². The van der Waals surface area contributed by atoms with E-state index >= 15 is 0 Å². The van der Waals surface area contributed by atoms with Gasteiger partial charge in [-0.1, -0.05) is 237 Å². The fraction of sp³-hybridized carbons (Fsp3) is 0.255. The molecule has 4 N–H and O–H groups in total. The number of hydrogen-bond donors (Lipinski definition) is 4. The number of aromatic carboxylic acids is 4. The van der Waals surface area contributed by atoms with Gasteiger partial charge in [0, 0.05) is 44.9 Å². The number of rotatable bonds is 16. The van der Waals surface area contributed by atoms with Crippen LogP contribution in [0.15, 0.2) is 279 Å². The molecule has 2 unspecified atom stereocenters. The zero-order valence-electron chi connectivity index (χ0n) is 65.5. The molecule has 4 heterocycles. The Morgan fingerprint density at radius 2 is 0.693 bits per heavy atom. The minimum atomic E-state index is -0.920. The highest BCUT2D eigenvalue weighted by Gasteiger charge is 2.32. The van der Waals surface area contributed by atoms with Crippen molar-refractivity contribution in [2.24, 2.45) is 23.7 Å². The van der Waals surface area contributed by atoms with Crippen molar-refractivity contribution in [2.75, 3.05) is 0 Å². The van der Waals surface area contributed by atoms with Crippen LogP contribution in [0.3, 0.4) is 0 Å². The van der Waals surface area contributed by atoms with Crippen LogP contribution in [-0.2, 0) is 25.7 Å². The van der Waals surface area contributed by atoms with E-state index in [2.05, 4.69) is 179 Å². The number of fused-ring (bicyclic) bond motifs is 4. The molecule has 12 nitrogen and oxygen atoms in total. The highest BCUT2D eigenvalue weighted by atomic mass is 16.4. The van der Waals surface area contributed by atoms with Crippen molar-refractivity contribution in [1.29, 1.82) is 0 Å². The van der Waals surface area contributed by atoms with Gasteiger partial charge in [0.15, 0.2) is 0 Å². The smallest absolute Gasteiger partial charge is 0.335 e. The Morgan fingerprint density at radius 1 is 0.325 bits per heavy atom. The first-order chi connectivity index (χ1) is 55.5. The van der Waals surface area contributed by atoms with Gasteiger partial charge in [-0.2, -0.15) is 0 Å². The number of carboxylic acids is 4. The molecule has 0 spiro atoms. The Bertz CT molecular complexity index is 5750. The summed E-state index contributed by atoms with van der Waals surface area (Å²) >= 11 is 0.